The molecular formula is C10H8ClNO2. The summed E-state index contributed by atoms with van der Waals surface area (Å²) in [5.41, 5.74) is 6.63. The Balaban J connectivity index is 2.82. The fourth-order valence-corrected chi connectivity index (χ4v) is 1.49. The van der Waals surface area contributed by atoms with Crippen molar-refractivity contribution in [3.8, 4) is 0 Å². The van der Waals surface area contributed by atoms with Gasteiger partial charge in [-0.25, -0.2) is 0 Å². The van der Waals surface area contributed by atoms with E-state index >= 15 is 0 Å². The van der Waals surface area contributed by atoms with Gasteiger partial charge >= 0.3 is 0 Å². The summed E-state index contributed by atoms with van der Waals surface area (Å²) in [4.78, 5) is 11.1. The standard InChI is InChI=1S/C10H8ClNO2/c1-5(13)9-4-6-7(11)2-3-8(12)10(6)14-9/h2-4H,12H2,1H3. The molecule has 2 rings (SSSR count). The van der Waals surface area contributed by atoms with Gasteiger partial charge in [-0.15, -0.1) is 0 Å². The molecule has 0 amide bonds. The average Bonchev–Trinajstić information content (AvgIpc) is 2.57. The Hall–Kier alpha value is -1.48. The summed E-state index contributed by atoms with van der Waals surface area (Å²) in [7, 11) is 0. The number of rotatable bonds is 1. The van der Waals surface area contributed by atoms with Crippen LogP contribution in [0.1, 0.15) is 17.5 Å². The zero-order valence-electron chi connectivity index (χ0n) is 7.50. The van der Waals surface area contributed by atoms with Crippen molar-refractivity contribution in [3.05, 3.63) is 29.0 Å². The minimum atomic E-state index is -0.142. The second kappa shape index (κ2) is 3.03. The third kappa shape index (κ3) is 1.26. The highest BCUT2D eigenvalue weighted by atomic mass is 35.5. The minimum absolute atomic E-state index is 0.142. The third-order valence-electron chi connectivity index (χ3n) is 2.01. The second-order valence-corrected chi connectivity index (χ2v) is 3.45. The molecule has 4 heteroatoms. The van der Waals surface area contributed by atoms with Gasteiger partial charge in [-0.3, -0.25) is 4.79 Å². The van der Waals surface area contributed by atoms with Crippen molar-refractivity contribution in [3.63, 3.8) is 0 Å². The van der Waals surface area contributed by atoms with Gasteiger partial charge in [0.2, 0.25) is 0 Å². The molecule has 0 radical (unpaired) electrons. The summed E-state index contributed by atoms with van der Waals surface area (Å²) in [5, 5.41) is 1.21. The number of hydrogen-bond donors (Lipinski definition) is 1. The highest BCUT2D eigenvalue weighted by molar-refractivity contribution is 6.35. The third-order valence-corrected chi connectivity index (χ3v) is 2.34. The predicted octanol–water partition coefficient (Wildman–Crippen LogP) is 2.87. The molecule has 72 valence electrons. The van der Waals surface area contributed by atoms with Crippen LogP contribution in [0.4, 0.5) is 5.69 Å². The first-order valence-corrected chi connectivity index (χ1v) is 4.46. The molecule has 14 heavy (non-hydrogen) atoms. The number of Topliss-reactive ketones (excluding diaryl/α,β-unsaturated/α-hetero) is 1. The number of furan rings is 1. The van der Waals surface area contributed by atoms with E-state index in [1.165, 1.54) is 6.92 Å². The number of halogens is 1. The summed E-state index contributed by atoms with van der Waals surface area (Å²) in [6, 6.07) is 4.94. The van der Waals surface area contributed by atoms with Gasteiger partial charge in [-0.1, -0.05) is 11.6 Å². The van der Waals surface area contributed by atoms with Crippen molar-refractivity contribution in [1.82, 2.24) is 0 Å². The van der Waals surface area contributed by atoms with Crippen molar-refractivity contribution in [2.24, 2.45) is 0 Å². The van der Waals surface area contributed by atoms with Gasteiger partial charge in [0.25, 0.3) is 0 Å². The van der Waals surface area contributed by atoms with Gasteiger partial charge in [0, 0.05) is 12.3 Å². The van der Waals surface area contributed by atoms with Gasteiger partial charge in [0.05, 0.1) is 10.7 Å². The van der Waals surface area contributed by atoms with Crippen molar-refractivity contribution < 1.29 is 9.21 Å². The number of anilines is 1. The van der Waals surface area contributed by atoms with Gasteiger partial charge in [-0.2, -0.15) is 0 Å². The van der Waals surface area contributed by atoms with Crippen molar-refractivity contribution in [2.75, 3.05) is 5.73 Å². The van der Waals surface area contributed by atoms with E-state index in [0.29, 0.717) is 21.7 Å². The zero-order chi connectivity index (χ0) is 10.3. The molecule has 2 N–H and O–H groups in total. The Morgan fingerprint density at radius 2 is 2.21 bits per heavy atom. The van der Waals surface area contributed by atoms with E-state index in [1.54, 1.807) is 18.2 Å². The Bertz CT molecular complexity index is 477. The number of carbonyl (C=O) groups excluding carboxylic acids is 1. The molecule has 0 aliphatic rings. The quantitative estimate of drug-likeness (QED) is 0.580. The topological polar surface area (TPSA) is 56.2 Å². The van der Waals surface area contributed by atoms with Gasteiger partial charge in [0.15, 0.2) is 17.1 Å². The largest absolute Gasteiger partial charge is 0.451 e. The maximum absolute atomic E-state index is 11.1. The van der Waals surface area contributed by atoms with Crippen LogP contribution in [-0.2, 0) is 0 Å². The molecule has 0 bridgehead atoms. The summed E-state index contributed by atoms with van der Waals surface area (Å²) in [6.45, 7) is 1.43. The molecule has 1 aromatic carbocycles. The maximum Gasteiger partial charge on any atom is 0.194 e. The van der Waals surface area contributed by atoms with E-state index < -0.39 is 0 Å². The predicted molar refractivity (Wildman–Crippen MR) is 55.6 cm³/mol. The van der Waals surface area contributed by atoms with E-state index in [9.17, 15) is 4.79 Å². The molecule has 0 saturated heterocycles. The van der Waals surface area contributed by atoms with Gasteiger partial charge in [0.1, 0.15) is 0 Å². The molecule has 3 nitrogen and oxygen atoms in total. The van der Waals surface area contributed by atoms with Crippen molar-refractivity contribution in [2.45, 2.75) is 6.92 Å². The number of fused-ring (bicyclic) bond motifs is 1. The van der Waals surface area contributed by atoms with E-state index in [2.05, 4.69) is 0 Å². The molecule has 0 saturated carbocycles. The molecule has 1 heterocycles. The van der Waals surface area contributed by atoms with Crippen LogP contribution < -0.4 is 5.73 Å². The molecule has 0 fully saturated rings. The maximum atomic E-state index is 11.1. The molecule has 0 atom stereocenters. The second-order valence-electron chi connectivity index (χ2n) is 3.05. The number of benzene rings is 1. The van der Waals surface area contributed by atoms with Crippen LogP contribution in [0.3, 0.4) is 0 Å². The number of nitrogens with two attached hydrogens (primary N) is 1. The molecule has 0 aliphatic carbocycles. The fraction of sp³-hybridized carbons (Fsp3) is 0.100. The number of nitrogen functional groups attached to an aromatic ring is 1. The highest BCUT2D eigenvalue weighted by Gasteiger charge is 2.12. The fourth-order valence-electron chi connectivity index (χ4n) is 1.28. The first-order valence-electron chi connectivity index (χ1n) is 4.08. The van der Waals surface area contributed by atoms with Crippen LogP contribution in [-0.4, -0.2) is 5.78 Å². The molecule has 0 aliphatic heterocycles. The van der Waals surface area contributed by atoms with Crippen LogP contribution in [0.2, 0.25) is 5.02 Å². The van der Waals surface area contributed by atoms with Crippen LogP contribution in [0.25, 0.3) is 11.0 Å². The lowest BCUT2D eigenvalue weighted by Gasteiger charge is -1.95. The summed E-state index contributed by atoms with van der Waals surface area (Å²) >= 11 is 5.92. The first-order chi connectivity index (χ1) is 6.59. The Morgan fingerprint density at radius 3 is 2.79 bits per heavy atom. The van der Waals surface area contributed by atoms with Crippen LogP contribution in [0, 0.1) is 0 Å². The van der Waals surface area contributed by atoms with Crippen molar-refractivity contribution in [1.29, 1.82) is 0 Å². The highest BCUT2D eigenvalue weighted by Crippen LogP contribution is 2.31. The number of carbonyl (C=O) groups is 1. The first kappa shape index (κ1) is 9.09. The number of hydrogen-bond acceptors (Lipinski definition) is 3. The van der Waals surface area contributed by atoms with Crippen LogP contribution >= 0.6 is 11.6 Å². The SMILES string of the molecule is CC(=O)c1cc2c(Cl)ccc(N)c2o1. The average molecular weight is 210 g/mol. The van der Waals surface area contributed by atoms with E-state index in [-0.39, 0.29) is 11.5 Å². The molecule has 0 unspecified atom stereocenters. The Morgan fingerprint density at radius 1 is 1.50 bits per heavy atom. The van der Waals surface area contributed by atoms with Crippen LogP contribution in [0.15, 0.2) is 22.6 Å². The van der Waals surface area contributed by atoms with Crippen molar-refractivity contribution >= 4 is 34.0 Å². The smallest absolute Gasteiger partial charge is 0.194 e. The molecular weight excluding hydrogens is 202 g/mol. The summed E-state index contributed by atoms with van der Waals surface area (Å²) in [5.74, 6) is 0.136. The normalized spacial score (nSPS) is 10.7. The molecule has 2 aromatic rings. The lowest BCUT2D eigenvalue weighted by atomic mass is 10.2. The minimum Gasteiger partial charge on any atom is -0.451 e. The molecule has 1 aromatic heterocycles. The summed E-state index contributed by atoms with van der Waals surface area (Å²) < 4.78 is 5.28. The summed E-state index contributed by atoms with van der Waals surface area (Å²) in [6.07, 6.45) is 0. The molecule has 0 spiro atoms. The lowest BCUT2D eigenvalue weighted by molar-refractivity contribution is 0.0989. The van der Waals surface area contributed by atoms with Gasteiger partial charge in [-0.05, 0) is 18.2 Å². The van der Waals surface area contributed by atoms with Crippen LogP contribution in [0.5, 0.6) is 0 Å². The number of ketones is 1. The monoisotopic (exact) mass is 209 g/mol. The Labute approximate surface area is 85.4 Å². The Kier molecular flexibility index (Phi) is 1.97. The van der Waals surface area contributed by atoms with Gasteiger partial charge < -0.3 is 10.2 Å². The zero-order valence-corrected chi connectivity index (χ0v) is 8.26. The lowest BCUT2D eigenvalue weighted by Crippen LogP contribution is -1.86. The van der Waals surface area contributed by atoms with E-state index in [4.69, 9.17) is 21.8 Å². The van der Waals surface area contributed by atoms with E-state index in [1.807, 2.05) is 0 Å². The van der Waals surface area contributed by atoms with E-state index in [0.717, 1.165) is 0 Å².